The molecule has 0 saturated heterocycles. The van der Waals surface area contributed by atoms with E-state index in [1.807, 2.05) is 30.3 Å². The van der Waals surface area contributed by atoms with Gasteiger partial charge in [-0.05, 0) is 32.0 Å². The van der Waals surface area contributed by atoms with Crippen molar-refractivity contribution < 1.29 is 18.8 Å². The fourth-order valence-corrected chi connectivity index (χ4v) is 4.47. The molecule has 8 nitrogen and oxygen atoms in total. The molecule has 0 spiro atoms. The monoisotopic (exact) mass is 428 g/mol. The number of thiophene rings is 1. The molecule has 0 aliphatic rings. The third-order valence-corrected chi connectivity index (χ3v) is 5.90. The lowest BCUT2D eigenvalue weighted by atomic mass is 10.3. The van der Waals surface area contributed by atoms with Gasteiger partial charge < -0.3 is 14.6 Å². The summed E-state index contributed by atoms with van der Waals surface area (Å²) >= 11 is 2.66. The predicted octanol–water partition coefficient (Wildman–Crippen LogP) is 4.58. The Morgan fingerprint density at radius 3 is 2.66 bits per heavy atom. The number of benzene rings is 1. The molecule has 0 radical (unpaired) electrons. The standard InChI is InChI=1S/C19H16N4O4S2/c1-10-8-15(27-23-10)21-16(24)11(2)26-18(25)14-9-13-17(28-14)22-19(29-13)20-12-6-4-3-5-7-12/h3-9,11H,1-2H3,(H,20,22)(H,21,24). The van der Waals surface area contributed by atoms with Crippen molar-refractivity contribution in [2.45, 2.75) is 20.0 Å². The van der Waals surface area contributed by atoms with E-state index in [0.717, 1.165) is 20.3 Å². The average Bonchev–Trinajstić information content (AvgIpc) is 3.37. The van der Waals surface area contributed by atoms with Crippen LogP contribution in [0.3, 0.4) is 0 Å². The molecule has 3 aromatic heterocycles. The SMILES string of the molecule is Cc1cc(NC(=O)C(C)OC(=O)c2cc3sc(Nc4ccccc4)nc3s2)on1. The van der Waals surface area contributed by atoms with Crippen molar-refractivity contribution in [3.8, 4) is 0 Å². The highest BCUT2D eigenvalue weighted by Crippen LogP contribution is 2.34. The first-order valence-corrected chi connectivity index (χ1v) is 10.3. The molecule has 1 atom stereocenters. The minimum absolute atomic E-state index is 0.203. The van der Waals surface area contributed by atoms with Gasteiger partial charge in [0.05, 0.1) is 10.4 Å². The summed E-state index contributed by atoms with van der Waals surface area (Å²) in [5, 5.41) is 10.2. The third-order valence-electron chi connectivity index (χ3n) is 3.84. The lowest BCUT2D eigenvalue weighted by Crippen LogP contribution is -2.29. The van der Waals surface area contributed by atoms with Crippen molar-refractivity contribution in [3.05, 3.63) is 53.0 Å². The summed E-state index contributed by atoms with van der Waals surface area (Å²) in [4.78, 5) is 30.2. The number of anilines is 3. The Bertz CT molecular complexity index is 1130. The van der Waals surface area contributed by atoms with Gasteiger partial charge in [-0.1, -0.05) is 34.7 Å². The fourth-order valence-electron chi connectivity index (χ4n) is 2.45. The number of fused-ring (bicyclic) bond motifs is 1. The Balaban J connectivity index is 1.39. The maximum Gasteiger partial charge on any atom is 0.349 e. The molecule has 4 aromatic rings. The molecule has 0 bridgehead atoms. The zero-order chi connectivity index (χ0) is 20.4. The first-order chi connectivity index (χ1) is 14.0. The number of hydrogen-bond acceptors (Lipinski definition) is 9. The Kier molecular flexibility index (Phi) is 5.28. The molecule has 0 aliphatic heterocycles. The lowest BCUT2D eigenvalue weighted by molar-refractivity contribution is -0.123. The lowest BCUT2D eigenvalue weighted by Gasteiger charge is -2.11. The summed E-state index contributed by atoms with van der Waals surface area (Å²) in [7, 11) is 0. The maximum atomic E-state index is 12.4. The van der Waals surface area contributed by atoms with Crippen LogP contribution in [0.4, 0.5) is 16.7 Å². The summed E-state index contributed by atoms with van der Waals surface area (Å²) in [6, 6.07) is 13.0. The highest BCUT2D eigenvalue weighted by Gasteiger charge is 2.22. The zero-order valence-corrected chi connectivity index (χ0v) is 17.1. The number of nitrogens with zero attached hydrogens (tertiary/aromatic N) is 2. The Morgan fingerprint density at radius 1 is 1.17 bits per heavy atom. The highest BCUT2D eigenvalue weighted by atomic mass is 32.1. The van der Waals surface area contributed by atoms with E-state index in [1.54, 1.807) is 19.1 Å². The summed E-state index contributed by atoms with van der Waals surface area (Å²) in [6.07, 6.45) is -0.990. The van der Waals surface area contributed by atoms with E-state index in [2.05, 4.69) is 20.8 Å². The summed E-state index contributed by atoms with van der Waals surface area (Å²) in [5.74, 6) is -0.871. The number of esters is 1. The molecule has 10 heteroatoms. The largest absolute Gasteiger partial charge is 0.448 e. The number of rotatable bonds is 6. The Labute approximate surface area is 173 Å². The molecule has 0 saturated carbocycles. The molecule has 2 N–H and O–H groups in total. The number of carbonyl (C=O) groups is 2. The number of nitrogens with one attached hydrogen (secondary N) is 2. The molecule has 29 heavy (non-hydrogen) atoms. The van der Waals surface area contributed by atoms with Gasteiger partial charge in [-0.25, -0.2) is 9.78 Å². The number of para-hydroxylation sites is 1. The van der Waals surface area contributed by atoms with Crippen molar-refractivity contribution in [2.24, 2.45) is 0 Å². The van der Waals surface area contributed by atoms with E-state index in [4.69, 9.17) is 9.26 Å². The van der Waals surface area contributed by atoms with Crippen molar-refractivity contribution in [3.63, 3.8) is 0 Å². The van der Waals surface area contributed by atoms with Gasteiger partial charge >= 0.3 is 5.97 Å². The molecule has 0 fully saturated rings. The average molecular weight is 428 g/mol. The minimum atomic E-state index is -0.990. The number of aryl methyl sites for hydroxylation is 1. The van der Waals surface area contributed by atoms with Crippen LogP contribution in [0.2, 0.25) is 0 Å². The quantitative estimate of drug-likeness (QED) is 0.433. The van der Waals surface area contributed by atoms with E-state index in [0.29, 0.717) is 10.6 Å². The third kappa shape index (κ3) is 4.44. The van der Waals surface area contributed by atoms with Crippen LogP contribution >= 0.6 is 22.7 Å². The predicted molar refractivity (Wildman–Crippen MR) is 112 cm³/mol. The molecule has 1 unspecified atom stereocenters. The topological polar surface area (TPSA) is 106 Å². The number of carbonyl (C=O) groups excluding carboxylic acids is 2. The van der Waals surface area contributed by atoms with Gasteiger partial charge in [-0.3, -0.25) is 10.1 Å². The number of amides is 1. The molecule has 4 rings (SSSR count). The van der Waals surface area contributed by atoms with Crippen molar-refractivity contribution in [1.29, 1.82) is 0 Å². The molecular formula is C19H16N4O4S2. The summed E-state index contributed by atoms with van der Waals surface area (Å²) in [6.45, 7) is 3.23. The molecule has 0 aliphatic carbocycles. The van der Waals surface area contributed by atoms with Crippen LogP contribution in [0.25, 0.3) is 9.53 Å². The normalized spacial score (nSPS) is 11.9. The molecule has 3 heterocycles. The molecular weight excluding hydrogens is 412 g/mol. The number of hydrogen-bond donors (Lipinski definition) is 2. The van der Waals surface area contributed by atoms with Gasteiger partial charge in [-0.15, -0.1) is 11.3 Å². The Hall–Kier alpha value is -3.24. The van der Waals surface area contributed by atoms with Crippen molar-refractivity contribution >= 4 is 60.8 Å². The highest BCUT2D eigenvalue weighted by molar-refractivity contribution is 7.29. The smallest absolute Gasteiger partial charge is 0.349 e. The van der Waals surface area contributed by atoms with E-state index in [-0.39, 0.29) is 5.88 Å². The zero-order valence-electron chi connectivity index (χ0n) is 15.5. The van der Waals surface area contributed by atoms with Gasteiger partial charge in [0, 0.05) is 11.8 Å². The minimum Gasteiger partial charge on any atom is -0.448 e. The number of ether oxygens (including phenoxy) is 1. The summed E-state index contributed by atoms with van der Waals surface area (Å²) < 4.78 is 11.1. The van der Waals surface area contributed by atoms with Crippen LogP contribution in [0.5, 0.6) is 0 Å². The second-order valence-corrected chi connectivity index (χ2v) is 8.22. The van der Waals surface area contributed by atoms with E-state index >= 15 is 0 Å². The first-order valence-electron chi connectivity index (χ1n) is 8.65. The number of aromatic nitrogens is 2. The second-order valence-electron chi connectivity index (χ2n) is 6.16. The van der Waals surface area contributed by atoms with Gasteiger partial charge in [0.15, 0.2) is 11.2 Å². The van der Waals surface area contributed by atoms with Crippen LogP contribution in [-0.4, -0.2) is 28.1 Å². The maximum absolute atomic E-state index is 12.4. The van der Waals surface area contributed by atoms with E-state index in [9.17, 15) is 9.59 Å². The van der Waals surface area contributed by atoms with Gasteiger partial charge in [0.2, 0.25) is 5.88 Å². The van der Waals surface area contributed by atoms with E-state index in [1.165, 1.54) is 29.6 Å². The molecule has 1 amide bonds. The van der Waals surface area contributed by atoms with Gasteiger partial charge in [-0.2, -0.15) is 0 Å². The van der Waals surface area contributed by atoms with Crippen LogP contribution in [0.15, 0.2) is 47.0 Å². The molecule has 148 valence electrons. The van der Waals surface area contributed by atoms with Crippen LogP contribution in [0, 0.1) is 6.92 Å². The Morgan fingerprint density at radius 2 is 1.97 bits per heavy atom. The summed E-state index contributed by atoms with van der Waals surface area (Å²) in [5.41, 5.74) is 1.58. The van der Waals surface area contributed by atoms with Gasteiger partial charge in [0.1, 0.15) is 9.71 Å². The van der Waals surface area contributed by atoms with Crippen LogP contribution < -0.4 is 10.6 Å². The van der Waals surface area contributed by atoms with Crippen LogP contribution in [-0.2, 0) is 9.53 Å². The van der Waals surface area contributed by atoms with Crippen molar-refractivity contribution in [1.82, 2.24) is 10.1 Å². The first kappa shape index (κ1) is 19.1. The number of thiazole rings is 1. The fraction of sp³-hybridized carbons (Fsp3) is 0.158. The molecule has 1 aromatic carbocycles. The van der Waals surface area contributed by atoms with Crippen molar-refractivity contribution in [2.75, 3.05) is 10.6 Å². The van der Waals surface area contributed by atoms with Crippen LogP contribution in [0.1, 0.15) is 22.3 Å². The van der Waals surface area contributed by atoms with Gasteiger partial charge in [0.25, 0.3) is 5.91 Å². The second kappa shape index (κ2) is 8.02. The van der Waals surface area contributed by atoms with E-state index < -0.39 is 18.0 Å².